The van der Waals surface area contributed by atoms with Crippen LogP contribution in [0.15, 0.2) is 114 Å². The van der Waals surface area contributed by atoms with Crippen LogP contribution in [-0.2, 0) is 21.2 Å². The van der Waals surface area contributed by atoms with E-state index in [2.05, 4.69) is 41.4 Å². The van der Waals surface area contributed by atoms with E-state index in [0.29, 0.717) is 37.6 Å². The number of carbonyl (C=O) groups is 1. The molecule has 8 heteroatoms. The van der Waals surface area contributed by atoms with Crippen molar-refractivity contribution >= 4 is 21.6 Å². The number of piperazine rings is 1. The number of hydrogen-bond donors (Lipinski definition) is 1. The molecule has 5 rings (SSSR count). The van der Waals surface area contributed by atoms with Crippen LogP contribution in [0.3, 0.4) is 0 Å². The van der Waals surface area contributed by atoms with E-state index in [1.165, 1.54) is 16.7 Å². The Labute approximate surface area is 242 Å². The van der Waals surface area contributed by atoms with Gasteiger partial charge in [0.2, 0.25) is 10.0 Å². The normalized spacial score (nSPS) is 14.6. The van der Waals surface area contributed by atoms with Crippen LogP contribution < -0.4 is 10.1 Å². The topological polar surface area (TPSA) is 78.9 Å². The summed E-state index contributed by atoms with van der Waals surface area (Å²) in [5.74, 6) is 0.306. The van der Waals surface area contributed by atoms with E-state index in [9.17, 15) is 13.2 Å². The lowest BCUT2D eigenvalue weighted by molar-refractivity contribution is -0.118. The first-order valence-corrected chi connectivity index (χ1v) is 15.3. The van der Waals surface area contributed by atoms with Crippen LogP contribution in [0.5, 0.6) is 5.75 Å². The molecule has 1 N–H and O–H groups in total. The van der Waals surface area contributed by atoms with Gasteiger partial charge in [-0.1, -0.05) is 79.7 Å². The third kappa shape index (κ3) is 7.03. The molecule has 1 fully saturated rings. The minimum atomic E-state index is -3.67. The Bertz CT molecular complexity index is 1480. The zero-order valence-corrected chi connectivity index (χ0v) is 24.0. The number of sulfonamides is 1. The Morgan fingerprint density at radius 1 is 0.780 bits per heavy atom. The molecule has 0 unspecified atom stereocenters. The molecule has 1 heterocycles. The first kappa shape index (κ1) is 28.5. The number of rotatable bonds is 10. The zero-order chi connectivity index (χ0) is 28.7. The molecule has 1 aliphatic heterocycles. The lowest BCUT2D eigenvalue weighted by Gasteiger charge is -2.39. The largest absolute Gasteiger partial charge is 0.484 e. The van der Waals surface area contributed by atoms with E-state index in [0.717, 1.165) is 6.42 Å². The van der Waals surface area contributed by atoms with Crippen molar-refractivity contribution in [2.24, 2.45) is 0 Å². The minimum absolute atomic E-state index is 0.0600. The van der Waals surface area contributed by atoms with E-state index in [1.54, 1.807) is 28.6 Å². The quantitative estimate of drug-likeness (QED) is 0.278. The number of anilines is 1. The molecule has 0 radical (unpaired) electrons. The number of carbonyl (C=O) groups excluding carboxylic acids is 1. The molecule has 1 aliphatic rings. The van der Waals surface area contributed by atoms with Gasteiger partial charge >= 0.3 is 0 Å². The van der Waals surface area contributed by atoms with Gasteiger partial charge in [0.25, 0.3) is 5.91 Å². The average Bonchev–Trinajstić information content (AvgIpc) is 3.02. The highest BCUT2D eigenvalue weighted by molar-refractivity contribution is 7.89. The molecule has 1 saturated heterocycles. The van der Waals surface area contributed by atoms with Crippen LogP contribution >= 0.6 is 0 Å². The summed E-state index contributed by atoms with van der Waals surface area (Å²) < 4.78 is 34.0. The van der Waals surface area contributed by atoms with Crippen LogP contribution in [-0.4, -0.2) is 56.3 Å². The number of ether oxygens (including phenoxy) is 1. The molecule has 4 aromatic rings. The average molecular weight is 570 g/mol. The van der Waals surface area contributed by atoms with Crippen LogP contribution in [0.1, 0.15) is 29.7 Å². The second-order valence-electron chi connectivity index (χ2n) is 10.0. The number of aryl methyl sites for hydroxylation is 1. The fourth-order valence-electron chi connectivity index (χ4n) is 5.11. The van der Waals surface area contributed by atoms with Gasteiger partial charge in [0, 0.05) is 31.9 Å². The standard InChI is InChI=1S/C33H35N3O4S/c1-2-26-13-17-30(18-14-26)40-25-32(37)34-29-15-19-31(20-16-29)41(38,39)36-23-21-35(22-24-36)33(27-9-5-3-6-10-27)28-11-7-4-8-12-28/h3-20,33H,2,21-25H2,1H3,(H,34,37). The number of nitrogens with zero attached hydrogens (tertiary/aromatic N) is 2. The van der Waals surface area contributed by atoms with Crippen molar-refractivity contribution in [3.8, 4) is 5.75 Å². The SMILES string of the molecule is CCc1ccc(OCC(=O)Nc2ccc(S(=O)(=O)N3CCN(C(c4ccccc4)c4ccccc4)CC3)cc2)cc1. The van der Waals surface area contributed by atoms with Crippen LogP contribution in [0.4, 0.5) is 5.69 Å². The van der Waals surface area contributed by atoms with Crippen molar-refractivity contribution in [2.75, 3.05) is 38.1 Å². The van der Waals surface area contributed by atoms with Gasteiger partial charge in [-0.15, -0.1) is 0 Å². The molecule has 0 aliphatic carbocycles. The van der Waals surface area contributed by atoms with Gasteiger partial charge in [-0.3, -0.25) is 9.69 Å². The summed E-state index contributed by atoms with van der Waals surface area (Å²) in [5.41, 5.74) is 4.08. The molecule has 0 aromatic heterocycles. The van der Waals surface area contributed by atoms with E-state index in [4.69, 9.17) is 4.74 Å². The predicted octanol–water partition coefficient (Wildman–Crippen LogP) is 5.36. The molecule has 41 heavy (non-hydrogen) atoms. The number of amides is 1. The van der Waals surface area contributed by atoms with Crippen LogP contribution in [0, 0.1) is 0 Å². The fourth-order valence-corrected chi connectivity index (χ4v) is 6.54. The Morgan fingerprint density at radius 3 is 1.88 bits per heavy atom. The number of benzene rings is 4. The molecule has 0 spiro atoms. The Morgan fingerprint density at radius 2 is 1.34 bits per heavy atom. The highest BCUT2D eigenvalue weighted by Crippen LogP contribution is 2.30. The smallest absolute Gasteiger partial charge is 0.262 e. The summed E-state index contributed by atoms with van der Waals surface area (Å²) in [6.45, 7) is 3.96. The minimum Gasteiger partial charge on any atom is -0.484 e. The summed E-state index contributed by atoms with van der Waals surface area (Å²) >= 11 is 0. The van der Waals surface area contributed by atoms with E-state index in [-0.39, 0.29) is 23.5 Å². The number of nitrogens with one attached hydrogen (secondary N) is 1. The summed E-state index contributed by atoms with van der Waals surface area (Å²) in [6.07, 6.45) is 0.936. The van der Waals surface area contributed by atoms with E-state index >= 15 is 0 Å². The lowest BCUT2D eigenvalue weighted by Crippen LogP contribution is -2.49. The zero-order valence-electron chi connectivity index (χ0n) is 23.1. The van der Waals surface area contributed by atoms with Gasteiger partial charge in [0.1, 0.15) is 5.75 Å². The van der Waals surface area contributed by atoms with Gasteiger partial charge in [-0.2, -0.15) is 4.31 Å². The second-order valence-corrected chi connectivity index (χ2v) is 12.0. The molecule has 0 atom stereocenters. The summed E-state index contributed by atoms with van der Waals surface area (Å²) in [6, 6.07) is 34.6. The maximum atomic E-state index is 13.4. The first-order valence-electron chi connectivity index (χ1n) is 13.9. The van der Waals surface area contributed by atoms with Crippen molar-refractivity contribution in [2.45, 2.75) is 24.3 Å². The molecule has 0 saturated carbocycles. The van der Waals surface area contributed by atoms with Crippen molar-refractivity contribution in [1.82, 2.24) is 9.21 Å². The maximum Gasteiger partial charge on any atom is 0.262 e. The van der Waals surface area contributed by atoms with Crippen molar-refractivity contribution in [3.05, 3.63) is 126 Å². The van der Waals surface area contributed by atoms with Gasteiger partial charge in [-0.05, 0) is 59.5 Å². The summed E-state index contributed by atoms with van der Waals surface area (Å²) in [7, 11) is -3.67. The number of hydrogen-bond acceptors (Lipinski definition) is 5. The molecule has 7 nitrogen and oxygen atoms in total. The van der Waals surface area contributed by atoms with Crippen LogP contribution in [0.2, 0.25) is 0 Å². The molecular weight excluding hydrogens is 534 g/mol. The van der Waals surface area contributed by atoms with E-state index < -0.39 is 10.0 Å². The van der Waals surface area contributed by atoms with E-state index in [1.807, 2.05) is 60.7 Å². The van der Waals surface area contributed by atoms with Crippen molar-refractivity contribution in [3.63, 3.8) is 0 Å². The molecule has 4 aromatic carbocycles. The van der Waals surface area contributed by atoms with Crippen molar-refractivity contribution < 1.29 is 17.9 Å². The first-order chi connectivity index (χ1) is 19.9. The van der Waals surface area contributed by atoms with Gasteiger partial charge in [0.05, 0.1) is 10.9 Å². The Balaban J connectivity index is 1.18. The highest BCUT2D eigenvalue weighted by atomic mass is 32.2. The Kier molecular flexibility index (Phi) is 9.14. The van der Waals surface area contributed by atoms with Gasteiger partial charge in [0.15, 0.2) is 6.61 Å². The molecule has 1 amide bonds. The summed E-state index contributed by atoms with van der Waals surface area (Å²) in [4.78, 5) is 14.9. The summed E-state index contributed by atoms with van der Waals surface area (Å²) in [5, 5.41) is 2.76. The Hall–Kier alpha value is -3.98. The van der Waals surface area contributed by atoms with Crippen LogP contribution in [0.25, 0.3) is 0 Å². The fraction of sp³-hybridized carbons (Fsp3) is 0.242. The van der Waals surface area contributed by atoms with Gasteiger partial charge < -0.3 is 10.1 Å². The molecular formula is C33H35N3O4S. The second kappa shape index (κ2) is 13.1. The lowest BCUT2D eigenvalue weighted by atomic mass is 9.96. The third-order valence-corrected chi connectivity index (χ3v) is 9.26. The third-order valence-electron chi connectivity index (χ3n) is 7.35. The highest BCUT2D eigenvalue weighted by Gasteiger charge is 2.32. The molecule has 212 valence electrons. The maximum absolute atomic E-state index is 13.4. The predicted molar refractivity (Wildman–Crippen MR) is 161 cm³/mol. The molecule has 0 bridgehead atoms. The monoisotopic (exact) mass is 569 g/mol. The van der Waals surface area contributed by atoms with Crippen molar-refractivity contribution in [1.29, 1.82) is 0 Å². The van der Waals surface area contributed by atoms with Gasteiger partial charge in [-0.25, -0.2) is 8.42 Å².